The fourth-order valence-electron chi connectivity index (χ4n) is 2.85. The van der Waals surface area contributed by atoms with Gasteiger partial charge in [-0.15, -0.1) is 10.2 Å². The van der Waals surface area contributed by atoms with E-state index < -0.39 is 0 Å². The zero-order chi connectivity index (χ0) is 21.7. The Morgan fingerprint density at radius 2 is 1.77 bits per heavy atom. The predicted octanol–water partition coefficient (Wildman–Crippen LogP) is 4.95. The first kappa shape index (κ1) is 21.8. The lowest BCUT2D eigenvalue weighted by atomic mass is 10.0. The Morgan fingerprint density at radius 1 is 1.10 bits per heavy atom. The number of thioether (sulfide) groups is 1. The van der Waals surface area contributed by atoms with Crippen LogP contribution in [0.4, 0.5) is 10.1 Å². The van der Waals surface area contributed by atoms with Crippen molar-refractivity contribution < 1.29 is 13.9 Å². The topological polar surface area (TPSA) is 69.0 Å². The second-order valence-corrected chi connectivity index (χ2v) is 8.17. The minimum absolute atomic E-state index is 0.113. The van der Waals surface area contributed by atoms with Gasteiger partial charge in [0.05, 0.1) is 5.75 Å². The van der Waals surface area contributed by atoms with Gasteiger partial charge in [0.2, 0.25) is 5.91 Å². The largest absolute Gasteiger partial charge is 0.483 e. The normalized spacial score (nSPS) is 12.1. The average Bonchev–Trinajstić information content (AvgIpc) is 3.09. The molecule has 1 aromatic heterocycles. The number of anilines is 1. The standard InChI is InChI=1S/C22H25FN4O2S/c1-14(2)16-5-9-18(10-6-16)24-20(28)13-30-22-26-25-21(27(22)4)15(3)29-19-11-7-17(23)8-12-19/h5-12,14-15H,13H2,1-4H3,(H,24,28). The summed E-state index contributed by atoms with van der Waals surface area (Å²) in [5.74, 6) is 1.39. The molecule has 8 heteroatoms. The molecule has 3 aromatic rings. The number of hydrogen-bond acceptors (Lipinski definition) is 5. The molecule has 0 aliphatic carbocycles. The molecule has 1 unspecified atom stereocenters. The lowest BCUT2D eigenvalue weighted by Crippen LogP contribution is -2.15. The van der Waals surface area contributed by atoms with Crippen LogP contribution in [0.1, 0.15) is 44.2 Å². The van der Waals surface area contributed by atoms with Gasteiger partial charge in [0.15, 0.2) is 17.1 Å². The van der Waals surface area contributed by atoms with Crippen molar-refractivity contribution >= 4 is 23.4 Å². The molecule has 0 saturated carbocycles. The zero-order valence-electron chi connectivity index (χ0n) is 17.4. The van der Waals surface area contributed by atoms with Crippen molar-refractivity contribution in [2.24, 2.45) is 7.05 Å². The Kier molecular flexibility index (Phi) is 7.10. The molecule has 1 heterocycles. The van der Waals surface area contributed by atoms with Crippen LogP contribution in [0.25, 0.3) is 0 Å². The highest BCUT2D eigenvalue weighted by atomic mass is 32.2. The summed E-state index contributed by atoms with van der Waals surface area (Å²) >= 11 is 1.30. The number of aromatic nitrogens is 3. The van der Waals surface area contributed by atoms with Crippen molar-refractivity contribution in [1.29, 1.82) is 0 Å². The third-order valence-corrected chi connectivity index (χ3v) is 5.57. The monoisotopic (exact) mass is 428 g/mol. The Bertz CT molecular complexity index is 987. The smallest absolute Gasteiger partial charge is 0.234 e. The van der Waals surface area contributed by atoms with Gasteiger partial charge < -0.3 is 14.6 Å². The molecule has 2 aromatic carbocycles. The molecule has 30 heavy (non-hydrogen) atoms. The van der Waals surface area contributed by atoms with Gasteiger partial charge in [-0.2, -0.15) is 0 Å². The van der Waals surface area contributed by atoms with Crippen LogP contribution in [0.3, 0.4) is 0 Å². The van der Waals surface area contributed by atoms with Crippen molar-refractivity contribution in [2.45, 2.75) is 37.9 Å². The molecule has 0 spiro atoms. The fourth-order valence-corrected chi connectivity index (χ4v) is 3.57. The third-order valence-electron chi connectivity index (χ3n) is 4.55. The zero-order valence-corrected chi connectivity index (χ0v) is 18.2. The first-order chi connectivity index (χ1) is 14.3. The van der Waals surface area contributed by atoms with E-state index >= 15 is 0 Å². The number of benzene rings is 2. The minimum atomic E-state index is -0.379. The lowest BCUT2D eigenvalue weighted by molar-refractivity contribution is -0.113. The molecule has 0 aliphatic rings. The molecule has 0 saturated heterocycles. The number of nitrogens with zero attached hydrogens (tertiary/aromatic N) is 3. The molecule has 6 nitrogen and oxygen atoms in total. The van der Waals surface area contributed by atoms with Crippen LogP contribution in [-0.2, 0) is 11.8 Å². The quantitative estimate of drug-likeness (QED) is 0.514. The third kappa shape index (κ3) is 5.60. The summed E-state index contributed by atoms with van der Waals surface area (Å²) in [5, 5.41) is 11.8. The van der Waals surface area contributed by atoms with Crippen LogP contribution in [-0.4, -0.2) is 26.4 Å². The fraction of sp³-hybridized carbons (Fsp3) is 0.318. The molecule has 3 rings (SSSR count). The van der Waals surface area contributed by atoms with Crippen LogP contribution in [0.2, 0.25) is 0 Å². The second kappa shape index (κ2) is 9.75. The lowest BCUT2D eigenvalue weighted by Gasteiger charge is -2.14. The molecule has 0 bridgehead atoms. The van der Waals surface area contributed by atoms with Crippen molar-refractivity contribution in [3.63, 3.8) is 0 Å². The predicted molar refractivity (Wildman–Crippen MR) is 116 cm³/mol. The maximum atomic E-state index is 13.0. The van der Waals surface area contributed by atoms with E-state index in [-0.39, 0.29) is 23.6 Å². The Morgan fingerprint density at radius 3 is 2.40 bits per heavy atom. The van der Waals surface area contributed by atoms with E-state index in [9.17, 15) is 9.18 Å². The van der Waals surface area contributed by atoms with E-state index in [4.69, 9.17) is 4.74 Å². The minimum Gasteiger partial charge on any atom is -0.483 e. The van der Waals surface area contributed by atoms with Crippen molar-refractivity contribution in [1.82, 2.24) is 14.8 Å². The summed E-state index contributed by atoms with van der Waals surface area (Å²) in [6.45, 7) is 6.10. The molecule has 1 N–H and O–H groups in total. The summed E-state index contributed by atoms with van der Waals surface area (Å²) < 4.78 is 20.6. The Hall–Kier alpha value is -2.87. The highest BCUT2D eigenvalue weighted by molar-refractivity contribution is 7.99. The molecule has 1 amide bonds. The van der Waals surface area contributed by atoms with Gasteiger partial charge in [0, 0.05) is 12.7 Å². The first-order valence-corrected chi connectivity index (χ1v) is 10.7. The van der Waals surface area contributed by atoms with E-state index in [0.29, 0.717) is 22.6 Å². The van der Waals surface area contributed by atoms with Gasteiger partial charge in [-0.1, -0.05) is 37.7 Å². The molecule has 1 atom stereocenters. The molecular weight excluding hydrogens is 403 g/mol. The Labute approximate surface area is 179 Å². The highest BCUT2D eigenvalue weighted by Gasteiger charge is 2.18. The van der Waals surface area contributed by atoms with E-state index in [1.165, 1.54) is 29.5 Å². The summed E-state index contributed by atoms with van der Waals surface area (Å²) in [5.41, 5.74) is 2.00. The van der Waals surface area contributed by atoms with Crippen LogP contribution in [0.15, 0.2) is 53.7 Å². The summed E-state index contributed by atoms with van der Waals surface area (Å²) in [6, 6.07) is 13.7. The maximum Gasteiger partial charge on any atom is 0.234 e. The van der Waals surface area contributed by atoms with E-state index in [2.05, 4.69) is 29.4 Å². The van der Waals surface area contributed by atoms with Crippen LogP contribution >= 0.6 is 11.8 Å². The molecule has 0 aliphatic heterocycles. The molecule has 0 radical (unpaired) electrons. The SMILES string of the molecule is CC(C)c1ccc(NC(=O)CSc2nnc(C(C)Oc3ccc(F)cc3)n2C)cc1. The van der Waals surface area contributed by atoms with E-state index in [1.807, 2.05) is 38.2 Å². The van der Waals surface area contributed by atoms with Crippen LogP contribution < -0.4 is 10.1 Å². The number of rotatable bonds is 8. The van der Waals surface area contributed by atoms with Crippen LogP contribution in [0.5, 0.6) is 5.75 Å². The van der Waals surface area contributed by atoms with Gasteiger partial charge in [0.1, 0.15) is 11.6 Å². The maximum absolute atomic E-state index is 13.0. The van der Waals surface area contributed by atoms with Crippen molar-refractivity contribution in [3.8, 4) is 5.75 Å². The number of amides is 1. The number of ether oxygens (including phenoxy) is 1. The van der Waals surface area contributed by atoms with E-state index in [1.54, 1.807) is 16.7 Å². The van der Waals surface area contributed by atoms with E-state index in [0.717, 1.165) is 5.69 Å². The van der Waals surface area contributed by atoms with Gasteiger partial charge in [-0.05, 0) is 54.8 Å². The summed E-state index contributed by atoms with van der Waals surface area (Å²) in [6.07, 6.45) is -0.379. The van der Waals surface area contributed by atoms with Crippen molar-refractivity contribution in [2.75, 3.05) is 11.1 Å². The summed E-state index contributed by atoms with van der Waals surface area (Å²) in [7, 11) is 1.82. The first-order valence-electron chi connectivity index (χ1n) is 9.67. The number of carbonyl (C=O) groups excluding carboxylic acids is 1. The van der Waals surface area contributed by atoms with Gasteiger partial charge >= 0.3 is 0 Å². The second-order valence-electron chi connectivity index (χ2n) is 7.23. The molecule has 158 valence electrons. The number of halogens is 1. The molecule has 0 fully saturated rings. The van der Waals surface area contributed by atoms with Gasteiger partial charge in [-0.3, -0.25) is 4.79 Å². The summed E-state index contributed by atoms with van der Waals surface area (Å²) in [4.78, 5) is 12.3. The number of nitrogens with one attached hydrogen (secondary N) is 1. The highest BCUT2D eigenvalue weighted by Crippen LogP contribution is 2.24. The molecular formula is C22H25FN4O2S. The Balaban J connectivity index is 1.55. The van der Waals surface area contributed by atoms with Crippen LogP contribution in [0, 0.1) is 5.82 Å². The van der Waals surface area contributed by atoms with Gasteiger partial charge in [-0.25, -0.2) is 4.39 Å². The average molecular weight is 429 g/mol. The number of hydrogen-bond donors (Lipinski definition) is 1. The van der Waals surface area contributed by atoms with Crippen molar-refractivity contribution in [3.05, 3.63) is 65.7 Å². The number of carbonyl (C=O) groups is 1. The van der Waals surface area contributed by atoms with Gasteiger partial charge in [0.25, 0.3) is 0 Å².